The van der Waals surface area contributed by atoms with E-state index >= 15 is 0 Å². The second kappa shape index (κ2) is 3.14. The molecule has 1 heterocycles. The summed E-state index contributed by atoms with van der Waals surface area (Å²) >= 11 is 0. The first kappa shape index (κ1) is 10.3. The first-order valence-electron chi connectivity index (χ1n) is 7.33. The lowest BCUT2D eigenvalue weighted by atomic mass is 9.75. The molecule has 1 aromatic carbocycles. The van der Waals surface area contributed by atoms with Crippen molar-refractivity contribution in [3.8, 4) is 5.75 Å². The number of oxazole rings is 1. The number of nitrogens with zero attached hydrogens (tertiary/aromatic N) is 1. The van der Waals surface area contributed by atoms with Crippen molar-refractivity contribution in [3.05, 3.63) is 24.1 Å². The number of benzene rings is 1. The van der Waals surface area contributed by atoms with E-state index in [-0.39, 0.29) is 11.2 Å². The summed E-state index contributed by atoms with van der Waals surface area (Å²) in [5.74, 6) is 3.80. The highest BCUT2D eigenvalue weighted by atomic mass is 16.4. The summed E-state index contributed by atoms with van der Waals surface area (Å²) in [5.41, 5.74) is 1.84. The van der Waals surface area contributed by atoms with Crippen LogP contribution in [0.4, 0.5) is 0 Å². The van der Waals surface area contributed by atoms with Gasteiger partial charge < -0.3 is 9.52 Å². The largest absolute Gasteiger partial charge is 0.508 e. The third-order valence-electron chi connectivity index (χ3n) is 5.79. The lowest BCUT2D eigenvalue weighted by Gasteiger charge is -2.29. The molecule has 0 aliphatic heterocycles. The van der Waals surface area contributed by atoms with Crippen molar-refractivity contribution < 1.29 is 9.52 Å². The molecule has 2 atom stereocenters. The third-order valence-corrected chi connectivity index (χ3v) is 5.79. The number of fused-ring (bicyclic) bond motifs is 1. The highest BCUT2D eigenvalue weighted by molar-refractivity contribution is 5.74. The summed E-state index contributed by atoms with van der Waals surface area (Å²) in [6.45, 7) is 0. The van der Waals surface area contributed by atoms with Crippen molar-refractivity contribution >= 4 is 11.1 Å². The molecule has 4 fully saturated rings. The van der Waals surface area contributed by atoms with Gasteiger partial charge in [0.1, 0.15) is 11.3 Å². The van der Waals surface area contributed by atoms with Crippen molar-refractivity contribution in [2.45, 2.75) is 37.5 Å². The molecule has 2 aromatic rings. The number of rotatable bonds is 1. The average molecular weight is 255 g/mol. The van der Waals surface area contributed by atoms with Crippen LogP contribution in [0.15, 0.2) is 22.6 Å². The van der Waals surface area contributed by atoms with Crippen LogP contribution < -0.4 is 0 Å². The van der Waals surface area contributed by atoms with Gasteiger partial charge in [-0.15, -0.1) is 0 Å². The number of phenols is 1. The summed E-state index contributed by atoms with van der Waals surface area (Å²) in [6.07, 6.45) is 6.72. The van der Waals surface area contributed by atoms with E-state index in [1.807, 2.05) is 6.07 Å². The number of aromatic hydroxyl groups is 1. The summed E-state index contributed by atoms with van der Waals surface area (Å²) in [7, 11) is 0. The molecule has 4 aliphatic carbocycles. The second-order valence-corrected chi connectivity index (χ2v) is 6.87. The van der Waals surface area contributed by atoms with E-state index < -0.39 is 0 Å². The fraction of sp³-hybridized carbons (Fsp3) is 0.562. The van der Waals surface area contributed by atoms with Crippen LogP contribution in [-0.4, -0.2) is 10.1 Å². The van der Waals surface area contributed by atoms with E-state index in [1.54, 1.807) is 12.1 Å². The molecule has 1 N–H and O–H groups in total. The molecule has 0 spiro atoms. The Hall–Kier alpha value is -1.51. The Morgan fingerprint density at radius 1 is 1.16 bits per heavy atom. The first-order chi connectivity index (χ1) is 9.23. The van der Waals surface area contributed by atoms with E-state index in [0.717, 1.165) is 34.7 Å². The lowest BCUT2D eigenvalue weighted by Crippen LogP contribution is -2.28. The topological polar surface area (TPSA) is 46.3 Å². The van der Waals surface area contributed by atoms with E-state index in [4.69, 9.17) is 9.40 Å². The van der Waals surface area contributed by atoms with E-state index in [0.29, 0.717) is 0 Å². The maximum absolute atomic E-state index is 9.55. The molecule has 98 valence electrons. The Kier molecular flexibility index (Phi) is 1.70. The molecule has 0 radical (unpaired) electrons. The summed E-state index contributed by atoms with van der Waals surface area (Å²) in [4.78, 5) is 4.75. The minimum Gasteiger partial charge on any atom is -0.508 e. The van der Waals surface area contributed by atoms with Crippen molar-refractivity contribution in [2.75, 3.05) is 0 Å². The van der Waals surface area contributed by atoms with Gasteiger partial charge in [-0.1, -0.05) is 0 Å². The quantitative estimate of drug-likeness (QED) is 0.846. The van der Waals surface area contributed by atoms with Gasteiger partial charge >= 0.3 is 0 Å². The van der Waals surface area contributed by atoms with Gasteiger partial charge in [0.05, 0.1) is 5.41 Å². The molecule has 2 unspecified atom stereocenters. The van der Waals surface area contributed by atoms with Crippen molar-refractivity contribution in [2.24, 2.45) is 17.8 Å². The zero-order valence-corrected chi connectivity index (χ0v) is 10.8. The minimum atomic E-state index is 0.224. The maximum atomic E-state index is 9.55. The lowest BCUT2D eigenvalue weighted by molar-refractivity contribution is 0.241. The second-order valence-electron chi connectivity index (χ2n) is 6.87. The van der Waals surface area contributed by atoms with E-state index in [1.165, 1.54) is 32.1 Å². The van der Waals surface area contributed by atoms with Gasteiger partial charge in [0.25, 0.3) is 0 Å². The molecular weight excluding hydrogens is 238 g/mol. The zero-order chi connectivity index (χ0) is 12.6. The van der Waals surface area contributed by atoms with Gasteiger partial charge in [0, 0.05) is 6.07 Å². The van der Waals surface area contributed by atoms with E-state index in [9.17, 15) is 5.11 Å². The Bertz CT molecular complexity index is 660. The van der Waals surface area contributed by atoms with Gasteiger partial charge in [-0.25, -0.2) is 4.98 Å². The van der Waals surface area contributed by atoms with Crippen molar-refractivity contribution in [1.29, 1.82) is 0 Å². The first-order valence-corrected chi connectivity index (χ1v) is 7.33. The highest BCUT2D eigenvalue weighted by Crippen LogP contribution is 2.65. The normalized spacial score (nSPS) is 39.5. The van der Waals surface area contributed by atoms with Gasteiger partial charge in [-0.05, 0) is 62.0 Å². The molecular formula is C16H17NO2. The number of hydrogen-bond acceptors (Lipinski definition) is 3. The van der Waals surface area contributed by atoms with Gasteiger partial charge in [0.2, 0.25) is 5.89 Å². The molecule has 19 heavy (non-hydrogen) atoms. The number of phenolic OH excluding ortho intramolecular Hbond substituents is 1. The fourth-order valence-electron chi connectivity index (χ4n) is 5.27. The molecule has 0 amide bonds. The molecule has 4 saturated carbocycles. The summed E-state index contributed by atoms with van der Waals surface area (Å²) in [5, 5.41) is 9.55. The third kappa shape index (κ3) is 1.21. The van der Waals surface area contributed by atoms with Crippen molar-refractivity contribution in [3.63, 3.8) is 0 Å². The summed E-state index contributed by atoms with van der Waals surface area (Å²) < 4.78 is 6.04. The van der Waals surface area contributed by atoms with Crippen LogP contribution in [0, 0.1) is 17.8 Å². The maximum Gasteiger partial charge on any atom is 0.202 e. The van der Waals surface area contributed by atoms with Crippen LogP contribution in [0.5, 0.6) is 5.75 Å². The summed E-state index contributed by atoms with van der Waals surface area (Å²) in [6, 6.07) is 5.22. The van der Waals surface area contributed by atoms with Crippen LogP contribution in [0.2, 0.25) is 0 Å². The standard InChI is InChI=1S/C16H17NO2/c18-12-1-2-13-14(6-12)19-15(17-13)16-7-9-3-10(8-16)5-11(16)4-9/h1-2,6,9-11,18H,3-5,7-8H2. The van der Waals surface area contributed by atoms with Gasteiger partial charge in [0.15, 0.2) is 5.58 Å². The molecule has 3 heteroatoms. The fourth-order valence-corrected chi connectivity index (χ4v) is 5.27. The molecule has 6 rings (SSSR count). The Morgan fingerprint density at radius 2 is 1.95 bits per heavy atom. The molecule has 0 saturated heterocycles. The Labute approximate surface area is 111 Å². The predicted molar refractivity (Wildman–Crippen MR) is 70.9 cm³/mol. The zero-order valence-electron chi connectivity index (χ0n) is 10.8. The Morgan fingerprint density at radius 3 is 2.74 bits per heavy atom. The molecule has 4 bridgehead atoms. The SMILES string of the molecule is Oc1ccc2nc(C34CC5CC(CC3C5)C4)oc2c1. The smallest absolute Gasteiger partial charge is 0.202 e. The number of aromatic nitrogens is 1. The van der Waals surface area contributed by atoms with Gasteiger partial charge in [-0.2, -0.15) is 0 Å². The molecule has 1 aromatic heterocycles. The van der Waals surface area contributed by atoms with Crippen LogP contribution in [0.25, 0.3) is 11.1 Å². The van der Waals surface area contributed by atoms with Crippen molar-refractivity contribution in [1.82, 2.24) is 4.98 Å². The molecule has 4 aliphatic rings. The predicted octanol–water partition coefficient (Wildman–Crippen LogP) is 3.61. The van der Waals surface area contributed by atoms with E-state index in [2.05, 4.69) is 0 Å². The Balaban J connectivity index is 1.68. The van der Waals surface area contributed by atoms with Gasteiger partial charge in [-0.3, -0.25) is 0 Å². The van der Waals surface area contributed by atoms with Crippen LogP contribution >= 0.6 is 0 Å². The van der Waals surface area contributed by atoms with Crippen LogP contribution in [0.1, 0.15) is 38.0 Å². The van der Waals surface area contributed by atoms with Crippen LogP contribution in [0.3, 0.4) is 0 Å². The monoisotopic (exact) mass is 255 g/mol. The molecule has 3 nitrogen and oxygen atoms in total. The number of hydrogen-bond donors (Lipinski definition) is 1. The minimum absolute atomic E-state index is 0.224. The highest BCUT2D eigenvalue weighted by Gasteiger charge is 2.60. The average Bonchev–Trinajstić information content (AvgIpc) is 2.97. The van der Waals surface area contributed by atoms with Crippen LogP contribution in [-0.2, 0) is 5.41 Å².